The Balaban J connectivity index is 1.11. The molecule has 0 fully saturated rings. The number of furan rings is 1. The predicted molar refractivity (Wildman–Crippen MR) is 246 cm³/mol. The zero-order chi connectivity index (χ0) is 44.8. The van der Waals surface area contributed by atoms with Crippen molar-refractivity contribution >= 4 is 54.5 Å². The molecule has 3 aromatic heterocycles. The average Bonchev–Trinajstić information content (AvgIpc) is 3.92. The van der Waals surface area contributed by atoms with Gasteiger partial charge in [-0.25, -0.2) is 15.0 Å². The van der Waals surface area contributed by atoms with Gasteiger partial charge in [-0.15, -0.1) is 0 Å². The summed E-state index contributed by atoms with van der Waals surface area (Å²) in [6.07, 6.45) is 0. The van der Waals surface area contributed by atoms with Crippen molar-refractivity contribution in [2.75, 3.05) is 0 Å². The molecule has 0 bridgehead atoms. The van der Waals surface area contributed by atoms with Crippen LogP contribution in [0.5, 0.6) is 0 Å². The molecule has 280 valence electrons. The van der Waals surface area contributed by atoms with Crippen LogP contribution in [0, 0.1) is 0 Å². The van der Waals surface area contributed by atoms with Crippen LogP contribution in [-0.4, -0.2) is 19.5 Å². The molecule has 5 heteroatoms. The first kappa shape index (κ1) is 28.3. The molecule has 0 aliphatic heterocycles. The zero-order valence-corrected chi connectivity index (χ0v) is 31.9. The van der Waals surface area contributed by atoms with Gasteiger partial charge in [0.05, 0.1) is 19.3 Å². The van der Waals surface area contributed by atoms with Gasteiger partial charge in [-0.2, -0.15) is 0 Å². The smallest absolute Gasteiger partial charge is 0.164 e. The summed E-state index contributed by atoms with van der Waals surface area (Å²) in [7, 11) is 0. The molecule has 0 radical (unpaired) electrons. The molecule has 5 nitrogen and oxygen atoms in total. The van der Waals surface area contributed by atoms with Crippen molar-refractivity contribution in [1.82, 2.24) is 19.5 Å². The van der Waals surface area contributed by atoms with Gasteiger partial charge in [-0.05, 0) is 75.9 Å². The van der Waals surface area contributed by atoms with E-state index in [-0.39, 0.29) is 47.0 Å². The lowest BCUT2D eigenvalue weighted by atomic mass is 9.94. The second-order valence-electron chi connectivity index (χ2n) is 14.7. The number of hydrogen-bond acceptors (Lipinski definition) is 4. The van der Waals surface area contributed by atoms with Crippen molar-refractivity contribution in [1.29, 1.82) is 0 Å². The van der Waals surface area contributed by atoms with E-state index in [2.05, 4.69) is 30.3 Å². The third-order valence-electron chi connectivity index (χ3n) is 11.2. The summed E-state index contributed by atoms with van der Waals surface area (Å²) in [5.41, 5.74) is 8.43. The monoisotopic (exact) mass is 772 g/mol. The van der Waals surface area contributed by atoms with Crippen LogP contribution in [0.4, 0.5) is 0 Å². The van der Waals surface area contributed by atoms with Crippen LogP contribution in [0.15, 0.2) is 211 Å². The van der Waals surface area contributed by atoms with Gasteiger partial charge in [0.25, 0.3) is 0 Å². The molecule has 0 atom stereocenters. The number of nitrogens with zero attached hydrogens (tertiary/aromatic N) is 4. The van der Waals surface area contributed by atoms with E-state index in [9.17, 15) is 0 Å². The molecule has 0 aliphatic rings. The van der Waals surface area contributed by atoms with Crippen molar-refractivity contribution < 1.29 is 12.6 Å². The molecular formula is C55H34N4O. The predicted octanol–water partition coefficient (Wildman–Crippen LogP) is 14.4. The van der Waals surface area contributed by atoms with Crippen molar-refractivity contribution in [3.8, 4) is 62.1 Å². The Morgan fingerprint density at radius 2 is 0.950 bits per heavy atom. The van der Waals surface area contributed by atoms with E-state index >= 15 is 0 Å². The summed E-state index contributed by atoms with van der Waals surface area (Å²) >= 11 is 0. The van der Waals surface area contributed by atoms with E-state index in [0.29, 0.717) is 45.4 Å². The largest absolute Gasteiger partial charge is 0.455 e. The van der Waals surface area contributed by atoms with Crippen molar-refractivity contribution in [2.24, 2.45) is 0 Å². The molecule has 12 aromatic rings. The Labute approximate surface area is 353 Å². The highest BCUT2D eigenvalue weighted by Gasteiger charge is 2.21. The molecule has 0 unspecified atom stereocenters. The van der Waals surface area contributed by atoms with Gasteiger partial charge >= 0.3 is 0 Å². The van der Waals surface area contributed by atoms with E-state index in [1.54, 1.807) is 4.57 Å². The van der Waals surface area contributed by atoms with Crippen LogP contribution >= 0.6 is 0 Å². The lowest BCUT2D eigenvalue weighted by Crippen LogP contribution is -2.01. The van der Waals surface area contributed by atoms with Crippen LogP contribution in [0.2, 0.25) is 0 Å². The Hall–Kier alpha value is -8.15. The van der Waals surface area contributed by atoms with E-state index in [0.717, 1.165) is 60.5 Å². The average molecular weight is 773 g/mol. The maximum absolute atomic E-state index is 9.12. The Kier molecular flexibility index (Phi) is 6.48. The first-order valence-corrected chi connectivity index (χ1v) is 19.7. The minimum Gasteiger partial charge on any atom is -0.455 e. The highest BCUT2D eigenvalue weighted by atomic mass is 16.3. The Bertz CT molecular complexity index is 3820. The van der Waals surface area contributed by atoms with Crippen LogP contribution in [-0.2, 0) is 0 Å². The van der Waals surface area contributed by atoms with Crippen molar-refractivity contribution in [3.63, 3.8) is 0 Å². The molecule has 0 saturated carbocycles. The summed E-state index contributed by atoms with van der Waals surface area (Å²) in [6, 6.07) is 54.3. The third kappa shape index (κ3) is 5.59. The zero-order valence-electron chi connectivity index (χ0n) is 37.9. The molecule has 0 amide bonds. The maximum atomic E-state index is 9.12. The molecule has 60 heavy (non-hydrogen) atoms. The molecule has 12 rings (SSSR count). The second-order valence-corrected chi connectivity index (χ2v) is 14.7. The molecule has 0 spiro atoms. The number of para-hydroxylation sites is 2. The fraction of sp³-hybridized carbons (Fsp3) is 0. The summed E-state index contributed by atoms with van der Waals surface area (Å²) < 4.78 is 61.8. The van der Waals surface area contributed by atoms with Crippen LogP contribution < -0.4 is 0 Å². The van der Waals surface area contributed by atoms with Crippen molar-refractivity contribution in [2.45, 2.75) is 0 Å². The van der Waals surface area contributed by atoms with Gasteiger partial charge in [-0.3, -0.25) is 0 Å². The van der Waals surface area contributed by atoms with Gasteiger partial charge < -0.3 is 8.98 Å². The van der Waals surface area contributed by atoms with Gasteiger partial charge in [0.15, 0.2) is 17.5 Å². The van der Waals surface area contributed by atoms with Gasteiger partial charge in [-0.1, -0.05) is 158 Å². The Morgan fingerprint density at radius 3 is 1.57 bits per heavy atom. The first-order chi connectivity index (χ1) is 32.2. The summed E-state index contributed by atoms with van der Waals surface area (Å²) in [5.74, 6) is 1.65. The quantitative estimate of drug-likeness (QED) is 0.169. The van der Waals surface area contributed by atoms with Gasteiger partial charge in [0, 0.05) is 49.5 Å². The topological polar surface area (TPSA) is 56.7 Å². The summed E-state index contributed by atoms with van der Waals surface area (Å²) in [5, 5.41) is 4.10. The lowest BCUT2D eigenvalue weighted by Gasteiger charge is -2.14. The maximum Gasteiger partial charge on any atom is 0.164 e. The number of fused-ring (bicyclic) bond motifs is 7. The van der Waals surface area contributed by atoms with Crippen LogP contribution in [0.25, 0.3) is 117 Å². The van der Waals surface area contributed by atoms with E-state index in [1.165, 1.54) is 12.1 Å². The van der Waals surface area contributed by atoms with Gasteiger partial charge in [0.1, 0.15) is 11.2 Å². The normalized spacial score (nSPS) is 13.1. The van der Waals surface area contributed by atoms with E-state index in [4.69, 9.17) is 27.6 Å². The van der Waals surface area contributed by atoms with Crippen LogP contribution in [0.3, 0.4) is 0 Å². The number of aromatic nitrogens is 4. The minimum atomic E-state index is -0.164. The lowest BCUT2D eigenvalue weighted by molar-refractivity contribution is 0.670. The molecular weight excluding hydrogens is 733 g/mol. The molecule has 0 saturated heterocycles. The van der Waals surface area contributed by atoms with Gasteiger partial charge in [0.2, 0.25) is 0 Å². The van der Waals surface area contributed by atoms with E-state index in [1.807, 2.05) is 127 Å². The fourth-order valence-electron chi connectivity index (χ4n) is 8.36. The Morgan fingerprint density at radius 1 is 0.400 bits per heavy atom. The third-order valence-corrected chi connectivity index (χ3v) is 11.2. The van der Waals surface area contributed by atoms with Crippen molar-refractivity contribution in [3.05, 3.63) is 206 Å². The summed E-state index contributed by atoms with van der Waals surface area (Å²) in [6.45, 7) is 0. The fourth-order valence-corrected chi connectivity index (χ4v) is 8.36. The SMILES string of the molecule is [2H]c1cc([2H])c2c(c1[2H])c1c([2H])c([2H])cc([2H])c1n2-c1cc(-c2ccccc2)c2oc3cc(-c4cc5ccccc5cc4-c4nc(-c5ccccc5)nc(-c5ccccc5)n4)ccc3c2c1. The molecule has 0 aliphatic carbocycles. The molecule has 3 heterocycles. The molecule has 0 N–H and O–H groups in total. The summed E-state index contributed by atoms with van der Waals surface area (Å²) in [4.78, 5) is 15.2. The van der Waals surface area contributed by atoms with E-state index < -0.39 is 0 Å². The minimum absolute atomic E-state index is 0.0215. The number of rotatable bonds is 6. The second kappa shape index (κ2) is 13.8. The number of benzene rings is 9. The first-order valence-electron chi connectivity index (χ1n) is 22.7. The highest BCUT2D eigenvalue weighted by Crippen LogP contribution is 2.43. The standard InChI is InChI=1S/C55H34N4O/c1-4-16-35(17-5-1)46-33-41(59-49-26-14-12-24-42(49)43-25-13-15-27-50(43)59)34-47-44-29-28-40(32-51(44)60-52(46)47)45-30-38-22-10-11-23-39(38)31-48(45)55-57-53(36-18-6-2-7-19-36)56-54(58-55)37-20-8-3-9-21-37/h1-34H/i12D,13D,24D,25D,26D,27D. The molecule has 9 aromatic carbocycles. The van der Waals surface area contributed by atoms with Crippen LogP contribution in [0.1, 0.15) is 8.22 Å². The number of hydrogen-bond donors (Lipinski definition) is 0. The highest BCUT2D eigenvalue weighted by molar-refractivity contribution is 6.13.